The molecule has 0 rings (SSSR count). The van der Waals surface area contributed by atoms with Gasteiger partial charge in [0.1, 0.15) is 6.04 Å². The summed E-state index contributed by atoms with van der Waals surface area (Å²) in [6, 6.07) is 1.33. The molecule has 0 aliphatic carbocycles. The van der Waals surface area contributed by atoms with E-state index in [4.69, 9.17) is 16.1 Å². The zero-order chi connectivity index (χ0) is 13.0. The molecular weight excluding hydrogens is 224 g/mol. The van der Waals surface area contributed by atoms with Crippen molar-refractivity contribution in [2.45, 2.75) is 44.9 Å². The normalized spacial score (nSPS) is 14.2. The van der Waals surface area contributed by atoms with Gasteiger partial charge in [0.2, 0.25) is 0 Å². The van der Waals surface area contributed by atoms with Gasteiger partial charge in [-0.15, -0.1) is 0 Å². The van der Waals surface area contributed by atoms with Crippen molar-refractivity contribution in [2.75, 3.05) is 5.75 Å². The van der Waals surface area contributed by atoms with Gasteiger partial charge in [-0.2, -0.15) is 17.0 Å². The molecular formula is C11H20N2O2S. The average Bonchev–Trinajstić information content (AvgIpc) is 2.15. The maximum Gasteiger partial charge on any atom is 0.321 e. The summed E-state index contributed by atoms with van der Waals surface area (Å²) in [6.07, 6.45) is 0.726. The minimum atomic E-state index is -0.989. The molecule has 0 aliphatic rings. The monoisotopic (exact) mass is 244 g/mol. The van der Waals surface area contributed by atoms with Crippen LogP contribution in [0.25, 0.3) is 0 Å². The first-order valence-electron chi connectivity index (χ1n) is 5.16. The molecule has 0 spiro atoms. The molecule has 0 fully saturated rings. The number of hydrogen-bond acceptors (Lipinski definition) is 4. The minimum absolute atomic E-state index is 0.365. The second-order valence-electron chi connectivity index (χ2n) is 5.01. The lowest BCUT2D eigenvalue weighted by Crippen LogP contribution is -2.47. The van der Waals surface area contributed by atoms with Gasteiger partial charge in [-0.25, -0.2) is 0 Å². The molecule has 0 aromatic heterocycles. The van der Waals surface area contributed by atoms with E-state index in [1.54, 1.807) is 0 Å². The number of carboxylic acids is 1. The van der Waals surface area contributed by atoms with Gasteiger partial charge in [-0.1, -0.05) is 0 Å². The zero-order valence-corrected chi connectivity index (χ0v) is 11.1. The van der Waals surface area contributed by atoms with Crippen LogP contribution in [0.3, 0.4) is 0 Å². The van der Waals surface area contributed by atoms with Crippen LogP contribution >= 0.6 is 11.8 Å². The van der Waals surface area contributed by atoms with Gasteiger partial charge in [-0.05, 0) is 39.9 Å². The molecule has 16 heavy (non-hydrogen) atoms. The fourth-order valence-electron chi connectivity index (χ4n) is 1.01. The average molecular weight is 244 g/mol. The molecule has 3 N–H and O–H groups in total. The first kappa shape index (κ1) is 15.3. The predicted octanol–water partition coefficient (Wildman–Crippen LogP) is 1.85. The van der Waals surface area contributed by atoms with E-state index >= 15 is 0 Å². The standard InChI is InChI=1S/C11H20N2O2S/c1-10(2,7-12)5-6-16-11(3,4)8(13)9(14)15/h8H,5-6,13H2,1-4H3,(H,14,15)/t8-/m0/s1. The van der Waals surface area contributed by atoms with E-state index in [0.29, 0.717) is 0 Å². The number of hydrogen-bond donors (Lipinski definition) is 2. The third-order valence-corrected chi connectivity index (χ3v) is 3.93. The summed E-state index contributed by atoms with van der Waals surface area (Å²) in [5.41, 5.74) is 5.23. The minimum Gasteiger partial charge on any atom is -0.480 e. The van der Waals surface area contributed by atoms with Crippen LogP contribution in [0.1, 0.15) is 34.1 Å². The summed E-state index contributed by atoms with van der Waals surface area (Å²) in [6.45, 7) is 7.38. The summed E-state index contributed by atoms with van der Waals surface area (Å²) in [4.78, 5) is 10.8. The van der Waals surface area contributed by atoms with Gasteiger partial charge in [0, 0.05) is 4.75 Å². The van der Waals surface area contributed by atoms with Crippen molar-refractivity contribution < 1.29 is 9.90 Å². The highest BCUT2D eigenvalue weighted by molar-refractivity contribution is 8.00. The van der Waals surface area contributed by atoms with Crippen LogP contribution in [0.5, 0.6) is 0 Å². The third-order valence-electron chi connectivity index (χ3n) is 2.52. The molecule has 0 saturated carbocycles. The Kier molecular flexibility index (Phi) is 5.30. The fraction of sp³-hybridized carbons (Fsp3) is 0.818. The molecule has 92 valence electrons. The van der Waals surface area contributed by atoms with Crippen molar-refractivity contribution in [3.05, 3.63) is 0 Å². The second-order valence-corrected chi connectivity index (χ2v) is 6.76. The first-order valence-corrected chi connectivity index (χ1v) is 6.14. The molecule has 0 aromatic carbocycles. The molecule has 5 heteroatoms. The van der Waals surface area contributed by atoms with Crippen molar-refractivity contribution in [3.63, 3.8) is 0 Å². The molecule has 4 nitrogen and oxygen atoms in total. The third kappa shape index (κ3) is 4.86. The molecule has 1 atom stereocenters. The van der Waals surface area contributed by atoms with Gasteiger partial charge < -0.3 is 10.8 Å². The SMILES string of the molecule is CC(C)(C#N)CCSC(C)(C)[C@@H](N)C(=O)O. The van der Waals surface area contributed by atoms with Gasteiger partial charge in [0.25, 0.3) is 0 Å². The van der Waals surface area contributed by atoms with E-state index in [2.05, 4.69) is 6.07 Å². The number of nitrogens with two attached hydrogens (primary N) is 1. The van der Waals surface area contributed by atoms with Crippen molar-refractivity contribution in [3.8, 4) is 6.07 Å². The van der Waals surface area contributed by atoms with Crippen LogP contribution < -0.4 is 5.73 Å². The van der Waals surface area contributed by atoms with Gasteiger partial charge in [0.05, 0.1) is 11.5 Å². The molecule has 0 amide bonds. The van der Waals surface area contributed by atoms with E-state index in [9.17, 15) is 4.79 Å². The number of nitrogens with zero attached hydrogens (tertiary/aromatic N) is 1. The predicted molar refractivity (Wildman–Crippen MR) is 66.2 cm³/mol. The van der Waals surface area contributed by atoms with Crippen molar-refractivity contribution in [1.82, 2.24) is 0 Å². The van der Waals surface area contributed by atoms with Gasteiger partial charge >= 0.3 is 5.97 Å². The highest BCUT2D eigenvalue weighted by Crippen LogP contribution is 2.31. The number of carboxylic acid groups (broad SMARTS) is 1. The number of rotatable bonds is 6. The summed E-state index contributed by atoms with van der Waals surface area (Å²) < 4.78 is -0.516. The number of carbonyl (C=O) groups is 1. The van der Waals surface area contributed by atoms with Crippen molar-refractivity contribution in [1.29, 1.82) is 5.26 Å². The zero-order valence-electron chi connectivity index (χ0n) is 10.3. The molecule has 0 aliphatic heterocycles. The summed E-state index contributed by atoms with van der Waals surface area (Å²) >= 11 is 1.50. The van der Waals surface area contributed by atoms with Crippen LogP contribution in [0.4, 0.5) is 0 Å². The maximum atomic E-state index is 10.8. The summed E-state index contributed by atoms with van der Waals surface area (Å²) in [7, 11) is 0. The Morgan fingerprint density at radius 3 is 2.38 bits per heavy atom. The quantitative estimate of drug-likeness (QED) is 0.744. The fourth-order valence-corrected chi connectivity index (χ4v) is 2.43. The largest absolute Gasteiger partial charge is 0.480 e. The van der Waals surface area contributed by atoms with Crippen molar-refractivity contribution in [2.24, 2.45) is 11.1 Å². The topological polar surface area (TPSA) is 87.1 Å². The van der Waals surface area contributed by atoms with Crippen molar-refractivity contribution >= 4 is 17.7 Å². The maximum absolute atomic E-state index is 10.8. The van der Waals surface area contributed by atoms with Crippen LogP contribution in [0.2, 0.25) is 0 Å². The Labute approximate surface area is 101 Å². The Bertz CT molecular complexity index is 295. The summed E-state index contributed by atoms with van der Waals surface area (Å²) in [5.74, 6) is -0.258. The molecule has 0 radical (unpaired) electrons. The van der Waals surface area contributed by atoms with Crippen LogP contribution in [-0.2, 0) is 4.79 Å². The van der Waals surface area contributed by atoms with Crippen LogP contribution in [0.15, 0.2) is 0 Å². The number of aliphatic carboxylic acids is 1. The lowest BCUT2D eigenvalue weighted by molar-refractivity contribution is -0.139. The molecule has 0 heterocycles. The van der Waals surface area contributed by atoms with Gasteiger partial charge in [0.15, 0.2) is 0 Å². The second kappa shape index (κ2) is 5.55. The Morgan fingerprint density at radius 2 is 2.00 bits per heavy atom. The Balaban J connectivity index is 4.21. The highest BCUT2D eigenvalue weighted by Gasteiger charge is 2.32. The van der Waals surface area contributed by atoms with E-state index in [1.165, 1.54) is 11.8 Å². The van der Waals surface area contributed by atoms with Gasteiger partial charge in [-0.3, -0.25) is 4.79 Å². The lowest BCUT2D eigenvalue weighted by atomic mass is 9.93. The van der Waals surface area contributed by atoms with E-state index in [-0.39, 0.29) is 5.41 Å². The highest BCUT2D eigenvalue weighted by atomic mass is 32.2. The first-order chi connectivity index (χ1) is 7.12. The lowest BCUT2D eigenvalue weighted by Gasteiger charge is -2.29. The number of nitriles is 1. The Morgan fingerprint density at radius 1 is 1.50 bits per heavy atom. The molecule has 0 bridgehead atoms. The summed E-state index contributed by atoms with van der Waals surface area (Å²) in [5, 5.41) is 17.7. The van der Waals surface area contributed by atoms with E-state index in [1.807, 2.05) is 27.7 Å². The molecule has 0 saturated heterocycles. The van der Waals surface area contributed by atoms with Crippen LogP contribution in [-0.4, -0.2) is 27.6 Å². The Hall–Kier alpha value is -0.730. The molecule has 0 unspecified atom stereocenters. The molecule has 0 aromatic rings. The van der Waals surface area contributed by atoms with E-state index < -0.39 is 16.8 Å². The smallest absolute Gasteiger partial charge is 0.321 e. The van der Waals surface area contributed by atoms with E-state index in [0.717, 1.165) is 12.2 Å². The van der Waals surface area contributed by atoms with Crippen LogP contribution in [0, 0.1) is 16.7 Å². The number of thioether (sulfide) groups is 1.